The molecule has 0 fully saturated rings. The fraction of sp³-hybridized carbons (Fsp3) is 0.158. The number of carbonyl (C=O) groups excluding carboxylic acids is 1. The smallest absolute Gasteiger partial charge is 0.336 e. The summed E-state index contributed by atoms with van der Waals surface area (Å²) < 4.78 is 0. The van der Waals surface area contributed by atoms with Crippen molar-refractivity contribution in [2.75, 3.05) is 0 Å². The van der Waals surface area contributed by atoms with Gasteiger partial charge in [0.1, 0.15) is 5.76 Å². The van der Waals surface area contributed by atoms with Crippen LogP contribution in [0.2, 0.25) is 0 Å². The van der Waals surface area contributed by atoms with Crippen molar-refractivity contribution >= 4 is 17.5 Å². The van der Waals surface area contributed by atoms with Gasteiger partial charge in [-0.2, -0.15) is 0 Å². The summed E-state index contributed by atoms with van der Waals surface area (Å²) in [5, 5.41) is 18.6. The quantitative estimate of drug-likeness (QED) is 0.624. The van der Waals surface area contributed by atoms with Crippen LogP contribution in [0, 0.1) is 6.92 Å². The number of hydrogen-bond acceptors (Lipinski definition) is 3. The Morgan fingerprint density at radius 2 is 1.65 bits per heavy atom. The molecule has 118 valence electrons. The minimum Gasteiger partial charge on any atom is -0.508 e. The van der Waals surface area contributed by atoms with Crippen LogP contribution >= 0.6 is 0 Å². The van der Waals surface area contributed by atoms with E-state index >= 15 is 0 Å². The lowest BCUT2D eigenvalue weighted by Crippen LogP contribution is -2.09. The zero-order valence-corrected chi connectivity index (χ0v) is 12.9. The average Bonchev–Trinajstić information content (AvgIpc) is 2.52. The van der Waals surface area contributed by atoms with E-state index < -0.39 is 5.97 Å². The number of Topliss-reactive ketones (excluding diaryl/α,β-unsaturated/α-hetero) is 1. The van der Waals surface area contributed by atoms with Crippen molar-refractivity contribution < 1.29 is 19.8 Å². The van der Waals surface area contributed by atoms with E-state index in [1.54, 1.807) is 18.2 Å². The highest BCUT2D eigenvalue weighted by Crippen LogP contribution is 2.19. The topological polar surface area (TPSA) is 74.6 Å². The van der Waals surface area contributed by atoms with Gasteiger partial charge in [0.25, 0.3) is 0 Å². The van der Waals surface area contributed by atoms with Crippen molar-refractivity contribution in [1.82, 2.24) is 0 Å². The van der Waals surface area contributed by atoms with Crippen LogP contribution < -0.4 is 0 Å². The number of carbonyl (C=O) groups is 2. The van der Waals surface area contributed by atoms with Crippen LogP contribution in [0.15, 0.2) is 49.0 Å². The molecule has 2 aromatic carbocycles. The van der Waals surface area contributed by atoms with Crippen molar-refractivity contribution in [1.29, 1.82) is 0 Å². The molecule has 0 bridgehead atoms. The summed E-state index contributed by atoms with van der Waals surface area (Å²) in [5.74, 6) is -1.28. The number of aliphatic hydroxyl groups is 1. The van der Waals surface area contributed by atoms with Crippen LogP contribution in [0.4, 0.5) is 0 Å². The van der Waals surface area contributed by atoms with E-state index in [4.69, 9.17) is 5.11 Å². The zero-order chi connectivity index (χ0) is 17.0. The summed E-state index contributed by atoms with van der Waals surface area (Å²) in [6.07, 6.45) is 0.731. The van der Waals surface area contributed by atoms with E-state index in [-0.39, 0.29) is 29.1 Å². The molecule has 0 heterocycles. The van der Waals surface area contributed by atoms with Gasteiger partial charge in [-0.15, -0.1) is 0 Å². The third-order valence-electron chi connectivity index (χ3n) is 3.70. The van der Waals surface area contributed by atoms with E-state index in [1.165, 1.54) is 12.1 Å². The van der Waals surface area contributed by atoms with Gasteiger partial charge in [0.05, 0.1) is 5.56 Å². The Morgan fingerprint density at radius 1 is 1.00 bits per heavy atom. The van der Waals surface area contributed by atoms with E-state index in [0.29, 0.717) is 12.0 Å². The second-order valence-electron chi connectivity index (χ2n) is 5.37. The molecule has 4 nitrogen and oxygen atoms in total. The SMILES string of the molecule is C=C(O)c1ccc(CCC(=O)c2ccccc2C(=O)O)cc1C. The van der Waals surface area contributed by atoms with Gasteiger partial charge < -0.3 is 10.2 Å². The average molecular weight is 310 g/mol. The number of ketones is 1. The summed E-state index contributed by atoms with van der Waals surface area (Å²) in [6.45, 7) is 5.36. The minimum atomic E-state index is -1.10. The molecule has 0 spiro atoms. The Kier molecular flexibility index (Phi) is 4.96. The molecule has 0 atom stereocenters. The van der Waals surface area contributed by atoms with Crippen LogP contribution in [0.1, 0.15) is 43.8 Å². The molecule has 0 saturated heterocycles. The van der Waals surface area contributed by atoms with Crippen LogP contribution in [0.25, 0.3) is 5.76 Å². The van der Waals surface area contributed by atoms with Gasteiger partial charge in [-0.1, -0.05) is 43.0 Å². The number of hydrogen-bond donors (Lipinski definition) is 2. The normalized spacial score (nSPS) is 10.3. The maximum absolute atomic E-state index is 12.3. The highest BCUT2D eigenvalue weighted by Gasteiger charge is 2.15. The van der Waals surface area contributed by atoms with E-state index in [0.717, 1.165) is 11.1 Å². The number of benzene rings is 2. The minimum absolute atomic E-state index is 0.0144. The second kappa shape index (κ2) is 6.92. The van der Waals surface area contributed by atoms with Crippen LogP contribution in [0.3, 0.4) is 0 Å². The maximum Gasteiger partial charge on any atom is 0.336 e. The fourth-order valence-electron chi connectivity index (χ4n) is 2.51. The lowest BCUT2D eigenvalue weighted by atomic mass is 9.97. The first-order valence-electron chi connectivity index (χ1n) is 7.23. The third kappa shape index (κ3) is 3.86. The fourth-order valence-corrected chi connectivity index (χ4v) is 2.51. The molecule has 4 heteroatoms. The standard InChI is InChI=1S/C19H18O4/c1-12-11-14(7-9-15(12)13(2)20)8-10-18(21)16-5-3-4-6-17(16)19(22)23/h3-7,9,11,20H,2,8,10H2,1H3,(H,22,23). The summed E-state index contributed by atoms with van der Waals surface area (Å²) in [6, 6.07) is 11.7. The van der Waals surface area contributed by atoms with Gasteiger partial charge in [-0.3, -0.25) is 4.79 Å². The summed E-state index contributed by atoms with van der Waals surface area (Å²) in [4.78, 5) is 23.4. The Balaban J connectivity index is 2.12. The number of aliphatic hydroxyl groups excluding tert-OH is 1. The Morgan fingerprint density at radius 3 is 2.22 bits per heavy atom. The van der Waals surface area contributed by atoms with Gasteiger partial charge in [-0.25, -0.2) is 4.79 Å². The van der Waals surface area contributed by atoms with Gasteiger partial charge >= 0.3 is 5.97 Å². The van der Waals surface area contributed by atoms with Gasteiger partial charge in [0, 0.05) is 17.5 Å². The molecule has 2 rings (SSSR count). The first kappa shape index (κ1) is 16.5. The number of rotatable bonds is 6. The van der Waals surface area contributed by atoms with E-state index in [2.05, 4.69) is 6.58 Å². The molecule has 2 aromatic rings. The number of aromatic carboxylic acids is 1. The van der Waals surface area contributed by atoms with Crippen molar-refractivity contribution in [3.63, 3.8) is 0 Å². The predicted octanol–water partition coefficient (Wildman–Crippen LogP) is 4.04. The molecular formula is C19H18O4. The van der Waals surface area contributed by atoms with E-state index in [1.807, 2.05) is 19.1 Å². The van der Waals surface area contributed by atoms with E-state index in [9.17, 15) is 14.7 Å². The van der Waals surface area contributed by atoms with Crippen LogP contribution in [0.5, 0.6) is 0 Å². The van der Waals surface area contributed by atoms with Crippen molar-refractivity contribution in [3.8, 4) is 0 Å². The second-order valence-corrected chi connectivity index (χ2v) is 5.37. The molecule has 0 aromatic heterocycles. The van der Waals surface area contributed by atoms with Crippen molar-refractivity contribution in [2.45, 2.75) is 19.8 Å². The first-order valence-corrected chi connectivity index (χ1v) is 7.23. The summed E-state index contributed by atoms with van der Waals surface area (Å²) in [7, 11) is 0. The zero-order valence-electron chi connectivity index (χ0n) is 12.9. The molecule has 0 aliphatic heterocycles. The molecule has 0 amide bonds. The number of aryl methyl sites for hydroxylation is 2. The first-order chi connectivity index (χ1) is 10.9. The lowest BCUT2D eigenvalue weighted by Gasteiger charge is -2.08. The maximum atomic E-state index is 12.3. The Labute approximate surface area is 134 Å². The number of carboxylic acid groups (broad SMARTS) is 1. The number of carboxylic acids is 1. The van der Waals surface area contributed by atoms with Gasteiger partial charge in [0.15, 0.2) is 5.78 Å². The summed E-state index contributed by atoms with van der Waals surface area (Å²) >= 11 is 0. The largest absolute Gasteiger partial charge is 0.508 e. The van der Waals surface area contributed by atoms with Gasteiger partial charge in [0.2, 0.25) is 0 Å². The third-order valence-corrected chi connectivity index (χ3v) is 3.70. The van der Waals surface area contributed by atoms with Gasteiger partial charge in [-0.05, 0) is 30.5 Å². The molecule has 0 unspecified atom stereocenters. The molecule has 0 aliphatic rings. The monoisotopic (exact) mass is 310 g/mol. The highest BCUT2D eigenvalue weighted by molar-refractivity contribution is 6.05. The summed E-state index contributed by atoms with van der Waals surface area (Å²) in [5.41, 5.74) is 2.77. The Hall–Kier alpha value is -2.88. The molecule has 0 saturated carbocycles. The molecule has 23 heavy (non-hydrogen) atoms. The van der Waals surface area contributed by atoms with Crippen LogP contribution in [-0.2, 0) is 6.42 Å². The predicted molar refractivity (Wildman–Crippen MR) is 88.9 cm³/mol. The molecule has 2 N–H and O–H groups in total. The molecule has 0 radical (unpaired) electrons. The molecular weight excluding hydrogens is 292 g/mol. The van der Waals surface area contributed by atoms with Crippen molar-refractivity contribution in [3.05, 3.63) is 76.9 Å². The highest BCUT2D eigenvalue weighted by atomic mass is 16.4. The van der Waals surface area contributed by atoms with Crippen molar-refractivity contribution in [2.24, 2.45) is 0 Å². The van der Waals surface area contributed by atoms with Crippen LogP contribution in [-0.4, -0.2) is 22.0 Å². The molecule has 0 aliphatic carbocycles. The lowest BCUT2D eigenvalue weighted by molar-refractivity contribution is 0.0691. The Bertz CT molecular complexity index is 775.